The van der Waals surface area contributed by atoms with Crippen LogP contribution in [-0.2, 0) is 16.0 Å². The van der Waals surface area contributed by atoms with Gasteiger partial charge in [-0.25, -0.2) is 9.78 Å². The molecule has 0 spiro atoms. The molecule has 0 fully saturated rings. The second kappa shape index (κ2) is 11.3. The Morgan fingerprint density at radius 3 is 2.57 bits per heavy atom. The third kappa shape index (κ3) is 5.51. The first-order valence-electron chi connectivity index (χ1n) is 12.3. The summed E-state index contributed by atoms with van der Waals surface area (Å²) in [6.07, 6.45) is 2.21. The van der Waals surface area contributed by atoms with E-state index in [9.17, 15) is 14.4 Å². The number of hydrogen-bond donors (Lipinski definition) is 0. The van der Waals surface area contributed by atoms with Crippen LogP contribution in [0.4, 0.5) is 0 Å². The van der Waals surface area contributed by atoms with Gasteiger partial charge < -0.3 is 14.0 Å². The van der Waals surface area contributed by atoms with Gasteiger partial charge in [0.05, 0.1) is 18.1 Å². The molecule has 0 bridgehead atoms. The quantitative estimate of drug-likeness (QED) is 0.207. The van der Waals surface area contributed by atoms with E-state index in [-0.39, 0.29) is 34.7 Å². The van der Waals surface area contributed by atoms with Gasteiger partial charge in [0.25, 0.3) is 11.5 Å². The lowest BCUT2D eigenvalue weighted by atomic mass is 10.1. The molecule has 4 rings (SSSR count). The zero-order valence-electron chi connectivity index (χ0n) is 21.4. The topological polar surface area (TPSA) is 104 Å². The maximum absolute atomic E-state index is 13.4. The first kappa shape index (κ1) is 26.0. The number of carbonyl (C=O) groups excluding carboxylic acids is 2. The van der Waals surface area contributed by atoms with Gasteiger partial charge in [-0.3, -0.25) is 14.0 Å². The minimum atomic E-state index is -0.675. The summed E-state index contributed by atoms with van der Waals surface area (Å²) < 4.78 is 14.1. The van der Waals surface area contributed by atoms with Gasteiger partial charge in [0.2, 0.25) is 0 Å². The molecular formula is C28H30N4O5. The second-order valence-electron chi connectivity index (χ2n) is 8.84. The number of aryl methyl sites for hydroxylation is 2. The van der Waals surface area contributed by atoms with Crippen LogP contribution >= 0.6 is 0 Å². The lowest BCUT2D eigenvalue weighted by Crippen LogP contribution is -2.33. The fraction of sp³-hybridized carbons (Fsp3) is 0.321. The first-order chi connectivity index (χ1) is 17.8. The van der Waals surface area contributed by atoms with Crippen LogP contribution in [-0.4, -0.2) is 45.1 Å². The van der Waals surface area contributed by atoms with Crippen molar-refractivity contribution in [1.82, 2.24) is 14.0 Å². The highest BCUT2D eigenvalue weighted by Crippen LogP contribution is 2.13. The fourth-order valence-corrected chi connectivity index (χ4v) is 4.08. The Labute approximate surface area is 214 Å². The Balaban J connectivity index is 2.04. The Bertz CT molecular complexity index is 1600. The van der Waals surface area contributed by atoms with Gasteiger partial charge in [-0.05, 0) is 63.9 Å². The van der Waals surface area contributed by atoms with Gasteiger partial charge in [0.1, 0.15) is 16.9 Å². The van der Waals surface area contributed by atoms with Crippen molar-refractivity contribution in [2.24, 2.45) is 4.99 Å². The minimum Gasteiger partial charge on any atom is -0.462 e. The lowest BCUT2D eigenvalue weighted by molar-refractivity contribution is 0.0523. The van der Waals surface area contributed by atoms with Crippen LogP contribution < -0.4 is 11.0 Å². The van der Waals surface area contributed by atoms with Crippen molar-refractivity contribution in [3.05, 3.63) is 87.3 Å². The van der Waals surface area contributed by atoms with Crippen LogP contribution in [0.1, 0.15) is 53.5 Å². The van der Waals surface area contributed by atoms with Crippen molar-refractivity contribution in [1.29, 1.82) is 0 Å². The average Bonchev–Trinajstić information content (AvgIpc) is 2.87. The Morgan fingerprint density at radius 1 is 1.08 bits per heavy atom. The molecule has 1 aromatic carbocycles. The Morgan fingerprint density at radius 2 is 1.84 bits per heavy atom. The highest BCUT2D eigenvalue weighted by atomic mass is 16.5. The van der Waals surface area contributed by atoms with Crippen molar-refractivity contribution >= 4 is 28.6 Å². The standard InChI is InChI=1S/C28H30N4O5/c1-5-36-28(35)22-17-21-24(29-23-13-8-9-14-31(23)27(21)34)32(15-10-16-37-18(2)3)25(22)30-26(33)20-12-7-6-11-19(20)4/h6-9,11-14,17-18H,5,10,15-16H2,1-4H3. The van der Waals surface area contributed by atoms with Gasteiger partial charge in [-0.15, -0.1) is 0 Å². The second-order valence-corrected chi connectivity index (χ2v) is 8.84. The van der Waals surface area contributed by atoms with E-state index in [1.807, 2.05) is 32.9 Å². The summed E-state index contributed by atoms with van der Waals surface area (Å²) in [6.45, 7) is 8.27. The molecule has 3 heterocycles. The van der Waals surface area contributed by atoms with Crippen molar-refractivity contribution in [3.63, 3.8) is 0 Å². The number of rotatable bonds is 8. The average molecular weight is 503 g/mol. The summed E-state index contributed by atoms with van der Waals surface area (Å²) in [5.41, 5.74) is 1.71. The zero-order valence-corrected chi connectivity index (χ0v) is 21.4. The van der Waals surface area contributed by atoms with Gasteiger partial charge in [-0.1, -0.05) is 24.3 Å². The number of nitrogens with zero attached hydrogens (tertiary/aromatic N) is 4. The largest absolute Gasteiger partial charge is 0.462 e. The highest BCUT2D eigenvalue weighted by molar-refractivity contribution is 5.98. The van der Waals surface area contributed by atoms with Gasteiger partial charge >= 0.3 is 5.97 Å². The molecular weight excluding hydrogens is 472 g/mol. The summed E-state index contributed by atoms with van der Waals surface area (Å²) in [6, 6.07) is 13.8. The predicted octanol–water partition coefficient (Wildman–Crippen LogP) is 3.69. The van der Waals surface area contributed by atoms with E-state index in [4.69, 9.17) is 14.5 Å². The molecule has 0 saturated carbocycles. The Kier molecular flexibility index (Phi) is 7.93. The van der Waals surface area contributed by atoms with Gasteiger partial charge in [0, 0.05) is 24.9 Å². The molecule has 1 amide bonds. The molecule has 0 saturated heterocycles. The number of pyridine rings is 2. The summed E-state index contributed by atoms with van der Waals surface area (Å²) in [4.78, 5) is 48.9. The molecule has 0 N–H and O–H groups in total. The number of fused-ring (bicyclic) bond motifs is 2. The number of ether oxygens (including phenoxy) is 2. The highest BCUT2D eigenvalue weighted by Gasteiger charge is 2.20. The van der Waals surface area contributed by atoms with E-state index in [1.54, 1.807) is 48.0 Å². The molecule has 3 aromatic heterocycles. The number of carbonyl (C=O) groups is 2. The maximum Gasteiger partial charge on any atom is 0.341 e. The van der Waals surface area contributed by atoms with Crippen LogP contribution in [0.15, 0.2) is 64.5 Å². The van der Waals surface area contributed by atoms with E-state index < -0.39 is 11.9 Å². The number of esters is 1. The molecule has 0 aliphatic heterocycles. The number of amides is 1. The van der Waals surface area contributed by atoms with Gasteiger partial charge in [-0.2, -0.15) is 4.99 Å². The fourth-order valence-electron chi connectivity index (χ4n) is 4.08. The number of hydrogen-bond acceptors (Lipinski definition) is 6. The van der Waals surface area contributed by atoms with Crippen LogP contribution in [0, 0.1) is 6.92 Å². The molecule has 0 unspecified atom stereocenters. The van der Waals surface area contributed by atoms with Crippen LogP contribution in [0.5, 0.6) is 0 Å². The SMILES string of the molecule is CCOC(=O)c1cc2c(=O)n3ccccc3nc2n(CCCOC(C)C)c1=NC(=O)c1ccccc1C. The third-order valence-corrected chi connectivity index (χ3v) is 5.85. The molecule has 0 radical (unpaired) electrons. The van der Waals surface area contributed by atoms with Crippen LogP contribution in [0.2, 0.25) is 0 Å². The molecule has 192 valence electrons. The molecule has 9 nitrogen and oxygen atoms in total. The summed E-state index contributed by atoms with van der Waals surface area (Å²) in [5, 5.41) is 0.221. The van der Waals surface area contributed by atoms with Crippen LogP contribution in [0.25, 0.3) is 16.7 Å². The lowest BCUT2D eigenvalue weighted by Gasteiger charge is -2.16. The van der Waals surface area contributed by atoms with E-state index in [0.717, 1.165) is 5.56 Å². The van der Waals surface area contributed by atoms with Crippen LogP contribution in [0.3, 0.4) is 0 Å². The van der Waals surface area contributed by atoms with Crippen molar-refractivity contribution in [3.8, 4) is 0 Å². The summed E-state index contributed by atoms with van der Waals surface area (Å²) >= 11 is 0. The summed E-state index contributed by atoms with van der Waals surface area (Å²) in [5.74, 6) is -1.18. The number of aromatic nitrogens is 3. The third-order valence-electron chi connectivity index (χ3n) is 5.85. The van der Waals surface area contributed by atoms with E-state index >= 15 is 0 Å². The normalized spacial score (nSPS) is 12.0. The molecule has 9 heteroatoms. The molecule has 4 aromatic rings. The predicted molar refractivity (Wildman–Crippen MR) is 140 cm³/mol. The molecule has 37 heavy (non-hydrogen) atoms. The van der Waals surface area contributed by atoms with Crippen molar-refractivity contribution in [2.75, 3.05) is 13.2 Å². The molecule has 0 atom stereocenters. The Hall–Kier alpha value is -4.11. The molecule has 0 aliphatic carbocycles. The monoisotopic (exact) mass is 502 g/mol. The molecule has 0 aliphatic rings. The van der Waals surface area contributed by atoms with Gasteiger partial charge in [0.15, 0.2) is 5.49 Å². The van der Waals surface area contributed by atoms with E-state index in [0.29, 0.717) is 36.4 Å². The number of benzene rings is 1. The minimum absolute atomic E-state index is 0.0239. The smallest absolute Gasteiger partial charge is 0.341 e. The maximum atomic E-state index is 13.4. The van der Waals surface area contributed by atoms with E-state index in [2.05, 4.69) is 4.99 Å². The first-order valence-corrected chi connectivity index (χ1v) is 12.3. The van der Waals surface area contributed by atoms with Crippen molar-refractivity contribution in [2.45, 2.75) is 46.8 Å². The van der Waals surface area contributed by atoms with Crippen molar-refractivity contribution < 1.29 is 19.1 Å². The zero-order chi connectivity index (χ0) is 26.5. The summed E-state index contributed by atoms with van der Waals surface area (Å²) in [7, 11) is 0. The van der Waals surface area contributed by atoms with E-state index in [1.165, 1.54) is 10.5 Å².